The molecule has 0 heterocycles. The van der Waals surface area contributed by atoms with Crippen LogP contribution in [0.3, 0.4) is 0 Å². The van der Waals surface area contributed by atoms with E-state index in [1.54, 1.807) is 13.2 Å². The van der Waals surface area contributed by atoms with Gasteiger partial charge in [-0.15, -0.1) is 0 Å². The molecule has 0 fully saturated rings. The molecule has 0 aliphatic carbocycles. The molecule has 0 bridgehead atoms. The molecule has 1 aromatic rings. The summed E-state index contributed by atoms with van der Waals surface area (Å²) < 4.78 is 10.5. The van der Waals surface area contributed by atoms with Crippen molar-refractivity contribution in [2.45, 2.75) is 19.9 Å². The van der Waals surface area contributed by atoms with E-state index in [9.17, 15) is 4.79 Å². The number of benzene rings is 1. The molecule has 94 valence electrons. The molecule has 5 nitrogen and oxygen atoms in total. The number of methoxy groups -OCH3 is 2. The van der Waals surface area contributed by atoms with Gasteiger partial charge in [-0.1, -0.05) is 0 Å². The predicted molar refractivity (Wildman–Crippen MR) is 65.1 cm³/mol. The minimum Gasteiger partial charge on any atom is -0.496 e. The lowest BCUT2D eigenvalue weighted by atomic mass is 9.98. The zero-order valence-electron chi connectivity index (χ0n) is 10.5. The van der Waals surface area contributed by atoms with Gasteiger partial charge < -0.3 is 20.9 Å². The largest absolute Gasteiger partial charge is 0.496 e. The molecule has 0 saturated heterocycles. The Morgan fingerprint density at radius 3 is 2.24 bits per heavy atom. The molecule has 1 atom stereocenters. The molecule has 4 N–H and O–H groups in total. The summed E-state index contributed by atoms with van der Waals surface area (Å²) in [5.41, 5.74) is 13.3. The van der Waals surface area contributed by atoms with Crippen molar-refractivity contribution in [3.05, 3.63) is 22.8 Å². The van der Waals surface area contributed by atoms with E-state index in [1.807, 2.05) is 13.8 Å². The van der Waals surface area contributed by atoms with E-state index in [0.29, 0.717) is 17.1 Å². The number of nitrogens with two attached hydrogens (primary N) is 2. The highest BCUT2D eigenvalue weighted by Gasteiger charge is 2.21. The highest BCUT2D eigenvalue weighted by atomic mass is 16.5. The van der Waals surface area contributed by atoms with Gasteiger partial charge in [0.25, 0.3) is 0 Å². The van der Waals surface area contributed by atoms with Gasteiger partial charge in [0.15, 0.2) is 0 Å². The smallest absolute Gasteiger partial charge is 0.239 e. The summed E-state index contributed by atoms with van der Waals surface area (Å²) in [4.78, 5) is 11.2. The number of amides is 1. The molecule has 0 aromatic heterocycles. The van der Waals surface area contributed by atoms with E-state index in [-0.39, 0.29) is 0 Å². The van der Waals surface area contributed by atoms with Crippen LogP contribution in [-0.4, -0.2) is 20.1 Å². The lowest BCUT2D eigenvalue weighted by Gasteiger charge is -2.19. The third-order valence-corrected chi connectivity index (χ3v) is 2.89. The van der Waals surface area contributed by atoms with Crippen LogP contribution in [0.1, 0.15) is 22.7 Å². The summed E-state index contributed by atoms with van der Waals surface area (Å²) in [6.07, 6.45) is 0. The van der Waals surface area contributed by atoms with Crippen LogP contribution in [0.2, 0.25) is 0 Å². The molecular formula is C12H18N2O3. The van der Waals surface area contributed by atoms with Gasteiger partial charge in [-0.3, -0.25) is 4.79 Å². The first-order chi connectivity index (χ1) is 7.93. The summed E-state index contributed by atoms with van der Waals surface area (Å²) >= 11 is 0. The molecule has 0 spiro atoms. The summed E-state index contributed by atoms with van der Waals surface area (Å²) in [6, 6.07) is 0.787. The van der Waals surface area contributed by atoms with Crippen molar-refractivity contribution < 1.29 is 14.3 Å². The van der Waals surface area contributed by atoms with E-state index in [4.69, 9.17) is 20.9 Å². The van der Waals surface area contributed by atoms with E-state index >= 15 is 0 Å². The minimum atomic E-state index is -0.904. The fraction of sp³-hybridized carbons (Fsp3) is 0.417. The summed E-state index contributed by atoms with van der Waals surface area (Å²) in [5, 5.41) is 0. The molecule has 1 aromatic carbocycles. The molecule has 0 saturated carbocycles. The lowest BCUT2D eigenvalue weighted by Crippen LogP contribution is -2.28. The zero-order valence-corrected chi connectivity index (χ0v) is 10.5. The Hall–Kier alpha value is -1.75. The molecule has 5 heteroatoms. The zero-order chi connectivity index (χ0) is 13.2. The third-order valence-electron chi connectivity index (χ3n) is 2.89. The Morgan fingerprint density at radius 2 is 1.82 bits per heavy atom. The van der Waals surface area contributed by atoms with Gasteiger partial charge in [-0.25, -0.2) is 0 Å². The second-order valence-corrected chi connectivity index (χ2v) is 3.83. The number of carbonyl (C=O) groups excluding carboxylic acids is 1. The highest BCUT2D eigenvalue weighted by Crippen LogP contribution is 2.35. The summed E-state index contributed by atoms with van der Waals surface area (Å²) in [7, 11) is 3.10. The van der Waals surface area contributed by atoms with Gasteiger partial charge >= 0.3 is 0 Å². The molecule has 0 radical (unpaired) electrons. The summed E-state index contributed by atoms with van der Waals surface area (Å²) in [5.74, 6) is 0.637. The van der Waals surface area contributed by atoms with E-state index in [2.05, 4.69) is 0 Å². The monoisotopic (exact) mass is 238 g/mol. The number of hydrogen-bond acceptors (Lipinski definition) is 4. The molecule has 17 heavy (non-hydrogen) atoms. The Labute approximate surface area is 101 Å². The van der Waals surface area contributed by atoms with Crippen LogP contribution in [0.15, 0.2) is 6.07 Å². The number of carbonyl (C=O) groups is 1. The lowest BCUT2D eigenvalue weighted by molar-refractivity contribution is -0.119. The second-order valence-electron chi connectivity index (χ2n) is 3.83. The SMILES string of the molecule is COc1cc(C(N)C(N)=O)c(OC)c(C)c1C. The fourth-order valence-corrected chi connectivity index (χ4v) is 1.75. The summed E-state index contributed by atoms with van der Waals surface area (Å²) in [6.45, 7) is 3.80. The van der Waals surface area contributed by atoms with Gasteiger partial charge in [0.1, 0.15) is 17.5 Å². The maximum absolute atomic E-state index is 11.2. The molecule has 0 aliphatic heterocycles. The molecule has 1 rings (SSSR count). The van der Waals surface area contributed by atoms with E-state index < -0.39 is 11.9 Å². The maximum Gasteiger partial charge on any atom is 0.239 e. The average Bonchev–Trinajstić information content (AvgIpc) is 2.31. The van der Waals surface area contributed by atoms with Crippen molar-refractivity contribution in [2.24, 2.45) is 11.5 Å². The fourth-order valence-electron chi connectivity index (χ4n) is 1.75. The van der Waals surface area contributed by atoms with E-state index in [0.717, 1.165) is 11.1 Å². The van der Waals surface area contributed by atoms with Crippen LogP contribution < -0.4 is 20.9 Å². The van der Waals surface area contributed by atoms with Crippen LogP contribution >= 0.6 is 0 Å². The first-order valence-corrected chi connectivity index (χ1v) is 5.21. The van der Waals surface area contributed by atoms with Crippen LogP contribution in [0, 0.1) is 13.8 Å². The third kappa shape index (κ3) is 2.34. The maximum atomic E-state index is 11.2. The number of ether oxygens (including phenoxy) is 2. The van der Waals surface area contributed by atoms with Crippen molar-refractivity contribution in [3.63, 3.8) is 0 Å². The Balaban J connectivity index is 3.47. The predicted octanol–water partition coefficient (Wildman–Crippen LogP) is 0.806. The van der Waals surface area contributed by atoms with Gasteiger partial charge in [0.2, 0.25) is 5.91 Å². The Morgan fingerprint density at radius 1 is 1.24 bits per heavy atom. The van der Waals surface area contributed by atoms with Crippen molar-refractivity contribution in [3.8, 4) is 11.5 Å². The topological polar surface area (TPSA) is 87.6 Å². The van der Waals surface area contributed by atoms with Crippen molar-refractivity contribution in [1.82, 2.24) is 0 Å². The first kappa shape index (κ1) is 13.3. The van der Waals surface area contributed by atoms with E-state index in [1.165, 1.54) is 7.11 Å². The number of primary amides is 1. The highest BCUT2D eigenvalue weighted by molar-refractivity contribution is 5.82. The van der Waals surface area contributed by atoms with Gasteiger partial charge in [-0.2, -0.15) is 0 Å². The van der Waals surface area contributed by atoms with Gasteiger partial charge in [0, 0.05) is 5.56 Å². The average molecular weight is 238 g/mol. The standard InChI is InChI=1S/C12H18N2O3/c1-6-7(2)11(17-4)8(5-9(6)16-3)10(13)12(14)15/h5,10H,13H2,1-4H3,(H2,14,15). The van der Waals surface area contributed by atoms with Crippen LogP contribution in [-0.2, 0) is 4.79 Å². The molecular weight excluding hydrogens is 220 g/mol. The van der Waals surface area contributed by atoms with Crippen molar-refractivity contribution >= 4 is 5.91 Å². The van der Waals surface area contributed by atoms with Gasteiger partial charge in [0.05, 0.1) is 14.2 Å². The quantitative estimate of drug-likeness (QED) is 0.812. The van der Waals surface area contributed by atoms with Crippen LogP contribution in [0.5, 0.6) is 11.5 Å². The first-order valence-electron chi connectivity index (χ1n) is 5.21. The molecule has 1 amide bonds. The van der Waals surface area contributed by atoms with Gasteiger partial charge in [-0.05, 0) is 31.0 Å². The Kier molecular flexibility index (Phi) is 3.96. The molecule has 1 unspecified atom stereocenters. The number of hydrogen-bond donors (Lipinski definition) is 2. The minimum absolute atomic E-state index is 0.542. The van der Waals surface area contributed by atoms with Crippen LogP contribution in [0.4, 0.5) is 0 Å². The second kappa shape index (κ2) is 5.05. The Bertz CT molecular complexity index is 444. The van der Waals surface area contributed by atoms with Crippen molar-refractivity contribution in [2.75, 3.05) is 14.2 Å². The normalized spacial score (nSPS) is 12.1. The van der Waals surface area contributed by atoms with Crippen LogP contribution in [0.25, 0.3) is 0 Å². The van der Waals surface area contributed by atoms with Crippen molar-refractivity contribution in [1.29, 1.82) is 0 Å². The molecule has 0 aliphatic rings. The number of rotatable bonds is 4.